The summed E-state index contributed by atoms with van der Waals surface area (Å²) in [6, 6.07) is 12.0. The fourth-order valence-corrected chi connectivity index (χ4v) is 3.11. The molecule has 0 aliphatic rings. The molecule has 2 aromatic carbocycles. The first-order chi connectivity index (χ1) is 14.9. The Morgan fingerprint density at radius 1 is 1.13 bits per heavy atom. The summed E-state index contributed by atoms with van der Waals surface area (Å²) >= 11 is 0. The molecule has 1 aromatic heterocycles. The van der Waals surface area contributed by atoms with E-state index < -0.39 is 18.5 Å². The zero-order valence-electron chi connectivity index (χ0n) is 17.4. The number of nitrogens with one attached hydrogen (secondary N) is 1. The molecule has 8 heteroatoms. The fraction of sp³-hybridized carbons (Fsp3) is 0.261. The monoisotopic (exact) mass is 424 g/mol. The molecule has 8 nitrogen and oxygen atoms in total. The number of hydrogen-bond acceptors (Lipinski definition) is 6. The molecule has 2 amide bonds. The van der Waals surface area contributed by atoms with E-state index >= 15 is 0 Å². The Morgan fingerprint density at radius 3 is 2.68 bits per heavy atom. The molecule has 0 aliphatic carbocycles. The van der Waals surface area contributed by atoms with Gasteiger partial charge < -0.3 is 24.5 Å². The van der Waals surface area contributed by atoms with Crippen LogP contribution < -0.4 is 5.32 Å². The smallest absolute Gasteiger partial charge is 0.310 e. The highest BCUT2D eigenvalue weighted by Gasteiger charge is 2.17. The maximum absolute atomic E-state index is 12.3. The number of benzene rings is 2. The Bertz CT molecular complexity index is 1100. The molecular formula is C23H24N2O6. The number of nitrogens with zero attached hydrogens (tertiary/aromatic N) is 1. The summed E-state index contributed by atoms with van der Waals surface area (Å²) in [5.74, 6) is -1.36. The first-order valence-electron chi connectivity index (χ1n) is 9.83. The van der Waals surface area contributed by atoms with Gasteiger partial charge in [-0.05, 0) is 30.2 Å². The molecule has 0 fully saturated rings. The first kappa shape index (κ1) is 21.9. The molecule has 0 saturated carbocycles. The molecule has 0 atom stereocenters. The highest BCUT2D eigenvalue weighted by molar-refractivity contribution is 5.95. The van der Waals surface area contributed by atoms with Crippen LogP contribution in [-0.2, 0) is 32.0 Å². The van der Waals surface area contributed by atoms with Gasteiger partial charge in [-0.15, -0.1) is 0 Å². The number of anilines is 1. The number of ether oxygens (including phenoxy) is 1. The number of phenolic OH excluding ortho intramolecular Hbond substituents is 1. The molecule has 0 aliphatic heterocycles. The topological polar surface area (TPSA) is 109 Å². The number of para-hydroxylation sites is 1. The number of aromatic hydroxyl groups is 1. The van der Waals surface area contributed by atoms with E-state index in [2.05, 4.69) is 5.32 Å². The molecule has 0 spiro atoms. The van der Waals surface area contributed by atoms with E-state index in [-0.39, 0.29) is 24.6 Å². The Hall–Kier alpha value is -3.81. The van der Waals surface area contributed by atoms with Crippen LogP contribution in [0.1, 0.15) is 18.1 Å². The van der Waals surface area contributed by atoms with Gasteiger partial charge in [0, 0.05) is 29.8 Å². The van der Waals surface area contributed by atoms with Crippen molar-refractivity contribution < 1.29 is 28.6 Å². The maximum Gasteiger partial charge on any atom is 0.310 e. The van der Waals surface area contributed by atoms with E-state index in [1.807, 2.05) is 25.1 Å². The van der Waals surface area contributed by atoms with Crippen molar-refractivity contribution in [3.05, 3.63) is 59.9 Å². The van der Waals surface area contributed by atoms with Crippen molar-refractivity contribution >= 4 is 34.4 Å². The lowest BCUT2D eigenvalue weighted by molar-refractivity contribution is -0.151. The van der Waals surface area contributed by atoms with E-state index in [0.29, 0.717) is 22.2 Å². The minimum atomic E-state index is -0.598. The van der Waals surface area contributed by atoms with Crippen LogP contribution in [0.25, 0.3) is 11.0 Å². The molecule has 0 saturated heterocycles. The number of esters is 1. The second-order valence-corrected chi connectivity index (χ2v) is 7.09. The predicted molar refractivity (Wildman–Crippen MR) is 115 cm³/mol. The SMILES string of the molecule is CCc1ccccc1NC(=O)CN(C)C(=O)COC(=O)Cc1coc2cc(O)ccc12. The number of carbonyl (C=O) groups excluding carboxylic acids is 3. The Morgan fingerprint density at radius 2 is 1.90 bits per heavy atom. The molecular weight excluding hydrogens is 400 g/mol. The van der Waals surface area contributed by atoms with Crippen molar-refractivity contribution in [2.75, 3.05) is 25.5 Å². The largest absolute Gasteiger partial charge is 0.508 e. The second kappa shape index (κ2) is 9.80. The molecule has 0 unspecified atom stereocenters. The molecule has 3 rings (SSSR count). The van der Waals surface area contributed by atoms with Gasteiger partial charge in [-0.3, -0.25) is 14.4 Å². The third-order valence-electron chi connectivity index (χ3n) is 4.81. The Labute approximate surface area is 179 Å². The lowest BCUT2D eigenvalue weighted by Gasteiger charge is -2.17. The number of fused-ring (bicyclic) bond motifs is 1. The summed E-state index contributed by atoms with van der Waals surface area (Å²) in [7, 11) is 1.47. The predicted octanol–water partition coefficient (Wildman–Crippen LogP) is 2.88. The Kier molecular flexibility index (Phi) is 6.92. The van der Waals surface area contributed by atoms with E-state index in [1.54, 1.807) is 12.1 Å². The van der Waals surface area contributed by atoms with Crippen LogP contribution in [0, 0.1) is 0 Å². The average molecular weight is 424 g/mol. The maximum atomic E-state index is 12.3. The van der Waals surface area contributed by atoms with Crippen molar-refractivity contribution in [3.8, 4) is 5.75 Å². The van der Waals surface area contributed by atoms with Gasteiger partial charge in [-0.2, -0.15) is 0 Å². The van der Waals surface area contributed by atoms with Crippen LogP contribution >= 0.6 is 0 Å². The van der Waals surface area contributed by atoms with E-state index in [0.717, 1.165) is 12.0 Å². The third-order valence-corrected chi connectivity index (χ3v) is 4.81. The standard InChI is InChI=1S/C23H24N2O6/c1-3-15-6-4-5-7-19(15)24-21(27)12-25(2)22(28)14-31-23(29)10-16-13-30-20-11-17(26)8-9-18(16)20/h4-9,11,13,26H,3,10,12,14H2,1-2H3,(H,24,27). The highest BCUT2D eigenvalue weighted by atomic mass is 16.5. The van der Waals surface area contributed by atoms with E-state index in [9.17, 15) is 19.5 Å². The number of amides is 2. The third kappa shape index (κ3) is 5.63. The van der Waals surface area contributed by atoms with Crippen molar-refractivity contribution in [1.29, 1.82) is 0 Å². The van der Waals surface area contributed by atoms with Gasteiger partial charge in [0.15, 0.2) is 6.61 Å². The van der Waals surface area contributed by atoms with Gasteiger partial charge in [0.1, 0.15) is 11.3 Å². The van der Waals surface area contributed by atoms with Gasteiger partial charge in [0.2, 0.25) is 5.91 Å². The Balaban J connectivity index is 1.48. The number of phenols is 1. The number of carbonyl (C=O) groups is 3. The van der Waals surface area contributed by atoms with E-state index in [1.165, 1.54) is 30.3 Å². The van der Waals surface area contributed by atoms with Gasteiger partial charge in [-0.1, -0.05) is 25.1 Å². The second-order valence-electron chi connectivity index (χ2n) is 7.09. The molecule has 0 bridgehead atoms. The number of likely N-dealkylation sites (N-methyl/N-ethyl adjacent to an activating group) is 1. The number of rotatable bonds is 8. The molecule has 0 radical (unpaired) electrons. The lowest BCUT2D eigenvalue weighted by Crippen LogP contribution is -2.37. The normalized spacial score (nSPS) is 10.6. The van der Waals surface area contributed by atoms with Crippen LogP contribution in [0.5, 0.6) is 5.75 Å². The molecule has 162 valence electrons. The summed E-state index contributed by atoms with van der Waals surface area (Å²) in [4.78, 5) is 37.8. The number of hydrogen-bond donors (Lipinski definition) is 2. The zero-order valence-corrected chi connectivity index (χ0v) is 17.4. The minimum absolute atomic E-state index is 0.0619. The summed E-state index contributed by atoms with van der Waals surface area (Å²) in [5.41, 5.74) is 2.76. The molecule has 2 N–H and O–H groups in total. The van der Waals surface area contributed by atoms with Crippen LogP contribution in [-0.4, -0.2) is 48.0 Å². The first-order valence-corrected chi connectivity index (χ1v) is 9.83. The van der Waals surface area contributed by atoms with Crippen molar-refractivity contribution in [1.82, 2.24) is 4.90 Å². The van der Waals surface area contributed by atoms with E-state index in [4.69, 9.17) is 9.15 Å². The van der Waals surface area contributed by atoms with Crippen molar-refractivity contribution in [3.63, 3.8) is 0 Å². The van der Waals surface area contributed by atoms with Gasteiger partial charge in [0.25, 0.3) is 5.91 Å². The van der Waals surface area contributed by atoms with Crippen LogP contribution in [0.4, 0.5) is 5.69 Å². The van der Waals surface area contributed by atoms with Crippen molar-refractivity contribution in [2.24, 2.45) is 0 Å². The zero-order chi connectivity index (χ0) is 22.4. The lowest BCUT2D eigenvalue weighted by atomic mass is 10.1. The minimum Gasteiger partial charge on any atom is -0.508 e. The van der Waals surface area contributed by atoms with Crippen LogP contribution in [0.15, 0.2) is 53.1 Å². The quantitative estimate of drug-likeness (QED) is 0.538. The van der Waals surface area contributed by atoms with Gasteiger partial charge >= 0.3 is 5.97 Å². The fourth-order valence-electron chi connectivity index (χ4n) is 3.11. The molecule has 3 aromatic rings. The number of aryl methyl sites for hydroxylation is 1. The summed E-state index contributed by atoms with van der Waals surface area (Å²) < 4.78 is 10.4. The van der Waals surface area contributed by atoms with Gasteiger partial charge in [0.05, 0.1) is 19.2 Å². The average Bonchev–Trinajstić information content (AvgIpc) is 3.13. The highest BCUT2D eigenvalue weighted by Crippen LogP contribution is 2.25. The van der Waals surface area contributed by atoms with Crippen molar-refractivity contribution in [2.45, 2.75) is 19.8 Å². The van der Waals surface area contributed by atoms with Gasteiger partial charge in [-0.25, -0.2) is 0 Å². The van der Waals surface area contributed by atoms with Crippen LogP contribution in [0.3, 0.4) is 0 Å². The molecule has 1 heterocycles. The molecule has 31 heavy (non-hydrogen) atoms. The number of furan rings is 1. The summed E-state index contributed by atoms with van der Waals surface area (Å²) in [5, 5.41) is 12.9. The summed E-state index contributed by atoms with van der Waals surface area (Å²) in [6.07, 6.45) is 2.11. The van der Waals surface area contributed by atoms with Crippen LogP contribution in [0.2, 0.25) is 0 Å². The summed E-state index contributed by atoms with van der Waals surface area (Å²) in [6.45, 7) is 1.36.